The second-order valence-corrected chi connectivity index (χ2v) is 8.35. The van der Waals surface area contributed by atoms with Crippen LogP contribution >= 0.6 is 0 Å². The van der Waals surface area contributed by atoms with E-state index in [9.17, 15) is 13.2 Å². The molecule has 0 bridgehead atoms. The summed E-state index contributed by atoms with van der Waals surface area (Å²) >= 11 is 0. The highest BCUT2D eigenvalue weighted by Gasteiger charge is 2.30. The lowest BCUT2D eigenvalue weighted by molar-refractivity contribution is -0.0440. The highest BCUT2D eigenvalue weighted by molar-refractivity contribution is 7.89. The zero-order valence-corrected chi connectivity index (χ0v) is 15.1. The Bertz CT molecular complexity index is 854. The average Bonchev–Trinajstić information content (AvgIpc) is 3.01. The van der Waals surface area contributed by atoms with E-state index < -0.39 is 10.0 Å². The zero-order valence-electron chi connectivity index (χ0n) is 14.3. The van der Waals surface area contributed by atoms with Gasteiger partial charge in [-0.15, -0.1) is 0 Å². The van der Waals surface area contributed by atoms with Crippen molar-refractivity contribution >= 4 is 21.6 Å². The average molecular weight is 366 g/mol. The number of sulfonamides is 1. The van der Waals surface area contributed by atoms with Crippen molar-refractivity contribution in [3.63, 3.8) is 0 Å². The number of pyridine rings is 1. The van der Waals surface area contributed by atoms with Crippen LogP contribution in [0, 0.1) is 0 Å². The molecule has 2 aromatic heterocycles. The highest BCUT2D eigenvalue weighted by atomic mass is 32.2. The van der Waals surface area contributed by atoms with Crippen molar-refractivity contribution in [2.45, 2.75) is 26.1 Å². The van der Waals surface area contributed by atoms with E-state index in [4.69, 9.17) is 4.74 Å². The van der Waals surface area contributed by atoms with Crippen molar-refractivity contribution < 1.29 is 17.9 Å². The number of nitrogens with one attached hydrogen (secondary N) is 1. The molecule has 2 atom stereocenters. The Kier molecular flexibility index (Phi) is 5.07. The number of hydrogen-bond donors (Lipinski definition) is 1. The summed E-state index contributed by atoms with van der Waals surface area (Å²) in [4.78, 5) is 16.3. The van der Waals surface area contributed by atoms with Crippen LogP contribution in [0.25, 0.3) is 5.65 Å². The Hall–Kier alpha value is -1.97. The van der Waals surface area contributed by atoms with Crippen molar-refractivity contribution in [3.05, 3.63) is 36.3 Å². The molecule has 1 amide bonds. The third-order valence-electron chi connectivity index (χ3n) is 4.08. The second kappa shape index (κ2) is 7.11. The van der Waals surface area contributed by atoms with Gasteiger partial charge in [-0.1, -0.05) is 0 Å². The molecule has 3 heterocycles. The van der Waals surface area contributed by atoms with E-state index >= 15 is 0 Å². The summed E-state index contributed by atoms with van der Waals surface area (Å²) in [5.41, 5.74) is 1.20. The predicted molar refractivity (Wildman–Crippen MR) is 92.9 cm³/mol. The number of imidazole rings is 1. The van der Waals surface area contributed by atoms with Crippen LogP contribution in [0.5, 0.6) is 0 Å². The summed E-state index contributed by atoms with van der Waals surface area (Å²) in [6, 6.07) is 3.40. The fraction of sp³-hybridized carbons (Fsp3) is 0.500. The topological polar surface area (TPSA) is 93.0 Å². The van der Waals surface area contributed by atoms with Crippen molar-refractivity contribution in [3.8, 4) is 0 Å². The second-order valence-electron chi connectivity index (χ2n) is 6.26. The van der Waals surface area contributed by atoms with E-state index in [1.54, 1.807) is 35.1 Å². The van der Waals surface area contributed by atoms with E-state index in [-0.39, 0.29) is 30.4 Å². The van der Waals surface area contributed by atoms with E-state index in [0.29, 0.717) is 18.7 Å². The summed E-state index contributed by atoms with van der Waals surface area (Å²) in [5.74, 6) is -0.444. The molecule has 9 heteroatoms. The van der Waals surface area contributed by atoms with Crippen molar-refractivity contribution in [2.75, 3.05) is 25.4 Å². The Morgan fingerprint density at radius 3 is 2.76 bits per heavy atom. The molecule has 1 fully saturated rings. The molecule has 0 aromatic carbocycles. The van der Waals surface area contributed by atoms with Crippen LogP contribution < -0.4 is 5.32 Å². The van der Waals surface area contributed by atoms with Crippen LogP contribution in [0.15, 0.2) is 30.7 Å². The van der Waals surface area contributed by atoms with E-state index in [0.717, 1.165) is 5.65 Å². The Morgan fingerprint density at radius 2 is 2.04 bits per heavy atom. The summed E-state index contributed by atoms with van der Waals surface area (Å²) < 4.78 is 33.6. The summed E-state index contributed by atoms with van der Waals surface area (Å²) in [6.07, 6.45) is 4.80. The maximum atomic E-state index is 12.4. The first-order chi connectivity index (χ1) is 11.8. The molecule has 0 radical (unpaired) electrons. The van der Waals surface area contributed by atoms with Gasteiger partial charge >= 0.3 is 0 Å². The van der Waals surface area contributed by atoms with E-state index in [2.05, 4.69) is 10.3 Å². The molecule has 2 aromatic rings. The number of nitrogens with zero attached hydrogens (tertiary/aromatic N) is 3. The maximum absolute atomic E-state index is 12.4. The first kappa shape index (κ1) is 17.8. The molecule has 1 saturated heterocycles. The fourth-order valence-corrected chi connectivity index (χ4v) is 4.43. The van der Waals surface area contributed by atoms with Crippen LogP contribution in [0.2, 0.25) is 0 Å². The number of hydrogen-bond acceptors (Lipinski definition) is 5. The quantitative estimate of drug-likeness (QED) is 0.832. The monoisotopic (exact) mass is 366 g/mol. The lowest BCUT2D eigenvalue weighted by Gasteiger charge is -2.34. The van der Waals surface area contributed by atoms with Gasteiger partial charge in [0.1, 0.15) is 5.65 Å². The Balaban J connectivity index is 1.56. The molecule has 0 aliphatic carbocycles. The first-order valence-electron chi connectivity index (χ1n) is 8.19. The number of aromatic nitrogens is 2. The number of morpholine rings is 1. The summed E-state index contributed by atoms with van der Waals surface area (Å²) in [5, 5.41) is 2.66. The lowest BCUT2D eigenvalue weighted by atomic mass is 10.2. The maximum Gasteiger partial charge on any atom is 0.252 e. The van der Waals surface area contributed by atoms with Gasteiger partial charge in [0.2, 0.25) is 10.0 Å². The minimum absolute atomic E-state index is 0.0588. The van der Waals surface area contributed by atoms with Crippen LogP contribution in [0.4, 0.5) is 0 Å². The van der Waals surface area contributed by atoms with Gasteiger partial charge in [-0.2, -0.15) is 4.31 Å². The molecule has 136 valence electrons. The Labute approximate surface area is 146 Å². The largest absolute Gasteiger partial charge is 0.373 e. The van der Waals surface area contributed by atoms with Gasteiger partial charge in [0.05, 0.1) is 23.5 Å². The third-order valence-corrected chi connectivity index (χ3v) is 5.88. The number of rotatable bonds is 5. The molecule has 1 aliphatic heterocycles. The minimum Gasteiger partial charge on any atom is -0.373 e. The van der Waals surface area contributed by atoms with Crippen molar-refractivity contribution in [2.24, 2.45) is 0 Å². The molecule has 1 N–H and O–H groups in total. The SMILES string of the molecule is CC1CN(S(=O)(=O)CCNC(=O)c2ccc3nccn3c2)CC(C)O1. The first-order valence-corrected chi connectivity index (χ1v) is 9.80. The normalized spacial score (nSPS) is 22.2. The molecule has 2 unspecified atom stereocenters. The molecular weight excluding hydrogens is 344 g/mol. The van der Waals surface area contributed by atoms with Gasteiger partial charge in [-0.3, -0.25) is 4.79 Å². The smallest absolute Gasteiger partial charge is 0.252 e. The molecule has 0 saturated carbocycles. The fourth-order valence-electron chi connectivity index (χ4n) is 2.94. The molecule has 1 aliphatic rings. The van der Waals surface area contributed by atoms with Crippen LogP contribution in [0.1, 0.15) is 24.2 Å². The van der Waals surface area contributed by atoms with Gasteiger partial charge in [0.25, 0.3) is 5.91 Å². The zero-order chi connectivity index (χ0) is 18.0. The van der Waals surface area contributed by atoms with Crippen LogP contribution in [-0.4, -0.2) is 65.6 Å². The van der Waals surface area contributed by atoms with Crippen LogP contribution in [0.3, 0.4) is 0 Å². The molecular formula is C16H22N4O4S. The number of fused-ring (bicyclic) bond motifs is 1. The number of ether oxygens (including phenoxy) is 1. The lowest BCUT2D eigenvalue weighted by Crippen LogP contribution is -2.49. The molecule has 25 heavy (non-hydrogen) atoms. The number of carbonyl (C=O) groups excluding carboxylic acids is 1. The molecule has 0 spiro atoms. The van der Waals surface area contributed by atoms with Gasteiger partial charge in [-0.25, -0.2) is 13.4 Å². The third kappa shape index (κ3) is 4.17. The van der Waals surface area contributed by atoms with E-state index in [1.807, 2.05) is 13.8 Å². The summed E-state index contributed by atoms with van der Waals surface area (Å²) in [6.45, 7) is 4.46. The van der Waals surface area contributed by atoms with Crippen molar-refractivity contribution in [1.82, 2.24) is 19.0 Å². The minimum atomic E-state index is -3.43. The Morgan fingerprint density at radius 1 is 1.32 bits per heavy atom. The van der Waals surface area contributed by atoms with Crippen LogP contribution in [-0.2, 0) is 14.8 Å². The van der Waals surface area contributed by atoms with Gasteiger partial charge in [-0.05, 0) is 26.0 Å². The number of amides is 1. The number of carbonyl (C=O) groups is 1. The molecule has 8 nitrogen and oxygen atoms in total. The van der Waals surface area contributed by atoms with Crippen molar-refractivity contribution in [1.29, 1.82) is 0 Å². The van der Waals surface area contributed by atoms with Gasteiger partial charge in [0.15, 0.2) is 0 Å². The standard InChI is InChI=1S/C16H22N4O4S/c1-12-9-20(10-13(2)24-12)25(22,23)8-6-18-16(21)14-3-4-15-17-5-7-19(15)11-14/h3-5,7,11-13H,6,8-10H2,1-2H3,(H,18,21). The van der Waals surface area contributed by atoms with E-state index in [1.165, 1.54) is 4.31 Å². The van der Waals surface area contributed by atoms with Gasteiger partial charge in [0, 0.05) is 38.2 Å². The highest BCUT2D eigenvalue weighted by Crippen LogP contribution is 2.14. The predicted octanol–water partition coefficient (Wildman–Crippen LogP) is 0.503. The van der Waals surface area contributed by atoms with Gasteiger partial charge < -0.3 is 14.5 Å². The molecule has 3 rings (SSSR count). The summed E-state index contributed by atoms with van der Waals surface area (Å²) in [7, 11) is -3.43.